The van der Waals surface area contributed by atoms with Crippen LogP contribution in [0.15, 0.2) is 66.7 Å². The molecule has 0 saturated heterocycles. The second kappa shape index (κ2) is 8.15. The van der Waals surface area contributed by atoms with Gasteiger partial charge in [-0.15, -0.1) is 0 Å². The zero-order valence-electron chi connectivity index (χ0n) is 15.4. The van der Waals surface area contributed by atoms with Crippen LogP contribution in [0.4, 0.5) is 4.39 Å². The molecule has 0 aliphatic heterocycles. The Bertz CT molecular complexity index is 856. The van der Waals surface area contributed by atoms with Crippen LogP contribution in [-0.4, -0.2) is 7.11 Å². The molecule has 0 aromatic heterocycles. The number of benzene rings is 3. The smallest absolute Gasteiger partial charge is 0.131 e. The van der Waals surface area contributed by atoms with E-state index in [0.29, 0.717) is 12.1 Å². The fourth-order valence-electron chi connectivity index (χ4n) is 2.92. The van der Waals surface area contributed by atoms with Crippen molar-refractivity contribution in [2.45, 2.75) is 26.4 Å². The van der Waals surface area contributed by atoms with Gasteiger partial charge in [0.25, 0.3) is 0 Å². The third kappa shape index (κ3) is 4.30. The SMILES string of the molecule is COc1ccc(-c2cc(CN[C@H](C)c3ccc(C)cc3)ccc2F)cc1. The summed E-state index contributed by atoms with van der Waals surface area (Å²) in [4.78, 5) is 0. The van der Waals surface area contributed by atoms with E-state index in [4.69, 9.17) is 4.74 Å². The number of ether oxygens (including phenoxy) is 1. The molecule has 0 aliphatic rings. The first-order chi connectivity index (χ1) is 12.6. The van der Waals surface area contributed by atoms with E-state index in [1.807, 2.05) is 36.4 Å². The van der Waals surface area contributed by atoms with Gasteiger partial charge in [0.15, 0.2) is 0 Å². The van der Waals surface area contributed by atoms with Crippen molar-refractivity contribution in [3.63, 3.8) is 0 Å². The fraction of sp³-hybridized carbons (Fsp3) is 0.217. The third-order valence-electron chi connectivity index (χ3n) is 4.62. The number of halogens is 1. The van der Waals surface area contributed by atoms with Crippen molar-refractivity contribution in [1.29, 1.82) is 0 Å². The molecule has 1 N–H and O–H groups in total. The topological polar surface area (TPSA) is 21.3 Å². The second-order valence-electron chi connectivity index (χ2n) is 6.56. The number of nitrogens with one attached hydrogen (secondary N) is 1. The number of aryl methyl sites for hydroxylation is 1. The monoisotopic (exact) mass is 349 g/mol. The van der Waals surface area contributed by atoms with Crippen LogP contribution in [0.1, 0.15) is 29.7 Å². The van der Waals surface area contributed by atoms with Gasteiger partial charge in [-0.05, 0) is 54.8 Å². The average Bonchev–Trinajstić information content (AvgIpc) is 2.68. The summed E-state index contributed by atoms with van der Waals surface area (Å²) in [6, 6.07) is 21.5. The molecule has 0 aliphatic carbocycles. The molecule has 1 atom stereocenters. The highest BCUT2D eigenvalue weighted by molar-refractivity contribution is 5.65. The van der Waals surface area contributed by atoms with E-state index in [1.54, 1.807) is 7.11 Å². The standard InChI is InChI=1S/C23H24FNO/c1-16-4-7-19(8-5-16)17(2)25-15-18-6-13-23(24)22(14-18)20-9-11-21(26-3)12-10-20/h4-14,17,25H,15H2,1-3H3/t17-/m1/s1. The van der Waals surface area contributed by atoms with Crippen LogP contribution in [0.25, 0.3) is 11.1 Å². The van der Waals surface area contributed by atoms with Crippen LogP contribution >= 0.6 is 0 Å². The lowest BCUT2D eigenvalue weighted by atomic mass is 10.0. The molecule has 3 heteroatoms. The largest absolute Gasteiger partial charge is 0.497 e. The summed E-state index contributed by atoms with van der Waals surface area (Å²) in [6.45, 7) is 4.90. The molecule has 26 heavy (non-hydrogen) atoms. The van der Waals surface area contributed by atoms with Crippen molar-refractivity contribution in [3.05, 3.63) is 89.2 Å². The zero-order valence-corrected chi connectivity index (χ0v) is 15.4. The zero-order chi connectivity index (χ0) is 18.5. The Kier molecular flexibility index (Phi) is 5.69. The first-order valence-corrected chi connectivity index (χ1v) is 8.79. The normalized spacial score (nSPS) is 12.0. The Balaban J connectivity index is 1.73. The minimum absolute atomic E-state index is 0.217. The maximum atomic E-state index is 14.3. The van der Waals surface area contributed by atoms with E-state index in [1.165, 1.54) is 17.2 Å². The fourth-order valence-corrected chi connectivity index (χ4v) is 2.92. The van der Waals surface area contributed by atoms with E-state index in [-0.39, 0.29) is 11.9 Å². The summed E-state index contributed by atoms with van der Waals surface area (Å²) in [6.07, 6.45) is 0. The number of methoxy groups -OCH3 is 1. The maximum absolute atomic E-state index is 14.3. The number of hydrogen-bond acceptors (Lipinski definition) is 2. The van der Waals surface area contributed by atoms with Gasteiger partial charge in [0.1, 0.15) is 11.6 Å². The molecule has 0 bridgehead atoms. The Morgan fingerprint density at radius 2 is 1.65 bits per heavy atom. The Morgan fingerprint density at radius 1 is 0.962 bits per heavy atom. The maximum Gasteiger partial charge on any atom is 0.131 e. The number of rotatable bonds is 6. The van der Waals surface area contributed by atoms with Gasteiger partial charge in [-0.2, -0.15) is 0 Å². The molecule has 0 heterocycles. The van der Waals surface area contributed by atoms with Gasteiger partial charge in [0.2, 0.25) is 0 Å². The van der Waals surface area contributed by atoms with Crippen molar-refractivity contribution in [2.75, 3.05) is 7.11 Å². The van der Waals surface area contributed by atoms with Crippen LogP contribution in [0.2, 0.25) is 0 Å². The lowest BCUT2D eigenvalue weighted by molar-refractivity contribution is 0.415. The minimum atomic E-state index is -0.217. The average molecular weight is 349 g/mol. The predicted octanol–water partition coefficient (Wildman–Crippen LogP) is 5.66. The summed E-state index contributed by atoms with van der Waals surface area (Å²) in [5.41, 5.74) is 5.00. The molecular formula is C23H24FNO. The van der Waals surface area contributed by atoms with Crippen molar-refractivity contribution < 1.29 is 9.13 Å². The van der Waals surface area contributed by atoms with E-state index in [2.05, 4.69) is 43.4 Å². The molecule has 0 spiro atoms. The molecule has 0 amide bonds. The summed E-state index contributed by atoms with van der Waals surface area (Å²) in [7, 11) is 1.62. The van der Waals surface area contributed by atoms with Crippen LogP contribution in [-0.2, 0) is 6.54 Å². The molecule has 0 fully saturated rings. The molecule has 0 unspecified atom stereocenters. The van der Waals surface area contributed by atoms with Crippen LogP contribution in [0.3, 0.4) is 0 Å². The van der Waals surface area contributed by atoms with Gasteiger partial charge in [0.05, 0.1) is 7.11 Å². The van der Waals surface area contributed by atoms with Gasteiger partial charge in [-0.25, -0.2) is 4.39 Å². The van der Waals surface area contributed by atoms with Crippen molar-refractivity contribution in [3.8, 4) is 16.9 Å². The van der Waals surface area contributed by atoms with Gasteiger partial charge < -0.3 is 10.1 Å². The molecule has 3 aromatic rings. The van der Waals surface area contributed by atoms with Crippen LogP contribution in [0, 0.1) is 12.7 Å². The summed E-state index contributed by atoms with van der Waals surface area (Å²) < 4.78 is 19.5. The summed E-state index contributed by atoms with van der Waals surface area (Å²) in [5.74, 6) is 0.546. The van der Waals surface area contributed by atoms with Crippen molar-refractivity contribution >= 4 is 0 Å². The number of hydrogen-bond donors (Lipinski definition) is 1. The van der Waals surface area contributed by atoms with Crippen LogP contribution in [0.5, 0.6) is 5.75 Å². The first-order valence-electron chi connectivity index (χ1n) is 8.79. The molecule has 0 saturated carbocycles. The molecule has 2 nitrogen and oxygen atoms in total. The highest BCUT2D eigenvalue weighted by atomic mass is 19.1. The lowest BCUT2D eigenvalue weighted by Crippen LogP contribution is -2.18. The molecular weight excluding hydrogens is 325 g/mol. The third-order valence-corrected chi connectivity index (χ3v) is 4.62. The van der Waals surface area contributed by atoms with Crippen molar-refractivity contribution in [1.82, 2.24) is 5.32 Å². The molecule has 3 rings (SSSR count). The lowest BCUT2D eigenvalue weighted by Gasteiger charge is -2.15. The van der Waals surface area contributed by atoms with Gasteiger partial charge in [-0.3, -0.25) is 0 Å². The van der Waals surface area contributed by atoms with Gasteiger partial charge in [0, 0.05) is 18.2 Å². The minimum Gasteiger partial charge on any atom is -0.497 e. The highest BCUT2D eigenvalue weighted by Gasteiger charge is 2.09. The van der Waals surface area contributed by atoms with Crippen molar-refractivity contribution in [2.24, 2.45) is 0 Å². The second-order valence-corrected chi connectivity index (χ2v) is 6.56. The van der Waals surface area contributed by atoms with Gasteiger partial charge in [-0.1, -0.05) is 48.0 Å². The van der Waals surface area contributed by atoms with E-state index < -0.39 is 0 Å². The Labute approximate surface area is 154 Å². The Hall–Kier alpha value is -2.65. The highest BCUT2D eigenvalue weighted by Crippen LogP contribution is 2.26. The van der Waals surface area contributed by atoms with Crippen LogP contribution < -0.4 is 10.1 Å². The van der Waals surface area contributed by atoms with Gasteiger partial charge >= 0.3 is 0 Å². The molecule has 0 radical (unpaired) electrons. The van der Waals surface area contributed by atoms with E-state index in [0.717, 1.165) is 16.9 Å². The first kappa shape index (κ1) is 18.2. The molecule has 3 aromatic carbocycles. The summed E-state index contributed by atoms with van der Waals surface area (Å²) >= 11 is 0. The van der Waals surface area contributed by atoms with E-state index >= 15 is 0 Å². The Morgan fingerprint density at radius 3 is 2.31 bits per heavy atom. The summed E-state index contributed by atoms with van der Waals surface area (Å²) in [5, 5.41) is 3.51. The predicted molar refractivity (Wildman–Crippen MR) is 105 cm³/mol. The quantitative estimate of drug-likeness (QED) is 0.620. The molecule has 134 valence electrons. The van der Waals surface area contributed by atoms with E-state index in [9.17, 15) is 4.39 Å².